The van der Waals surface area contributed by atoms with Gasteiger partial charge in [0.1, 0.15) is 5.82 Å². The second kappa shape index (κ2) is 5.03. The molecule has 16 heavy (non-hydrogen) atoms. The minimum absolute atomic E-state index is 0.719. The fourth-order valence-corrected chi connectivity index (χ4v) is 1.75. The molecule has 84 valence electrons. The van der Waals surface area contributed by atoms with E-state index in [0.29, 0.717) is 0 Å². The largest absolute Gasteiger partial charge is 0.384 e. The van der Waals surface area contributed by atoms with Gasteiger partial charge in [0, 0.05) is 11.6 Å². The van der Waals surface area contributed by atoms with Crippen LogP contribution in [-0.2, 0) is 13.0 Å². The number of nitrogens with zero attached hydrogens (tertiary/aromatic N) is 2. The van der Waals surface area contributed by atoms with Gasteiger partial charge >= 0.3 is 0 Å². The van der Waals surface area contributed by atoms with Gasteiger partial charge in [-0.25, -0.2) is 4.98 Å². The number of rotatable bonds is 4. The lowest BCUT2D eigenvalue weighted by Crippen LogP contribution is -2.02. The van der Waals surface area contributed by atoms with E-state index in [4.69, 9.17) is 17.3 Å². The molecule has 0 saturated heterocycles. The normalized spacial score (nSPS) is 10.6. The summed E-state index contributed by atoms with van der Waals surface area (Å²) < 4.78 is 1.95. The zero-order valence-electron chi connectivity index (χ0n) is 8.94. The van der Waals surface area contributed by atoms with Crippen molar-refractivity contribution in [1.29, 1.82) is 0 Å². The Kier molecular flexibility index (Phi) is 3.47. The van der Waals surface area contributed by atoms with Crippen LogP contribution in [0.2, 0.25) is 5.02 Å². The molecule has 0 atom stereocenters. The van der Waals surface area contributed by atoms with Crippen molar-refractivity contribution in [2.45, 2.75) is 19.4 Å². The number of halogens is 1. The quantitative estimate of drug-likeness (QED) is 0.886. The average Bonchev–Trinajstić information content (AvgIpc) is 2.68. The maximum atomic E-state index is 5.82. The zero-order chi connectivity index (χ0) is 11.4. The molecule has 0 unspecified atom stereocenters. The third kappa shape index (κ3) is 2.76. The van der Waals surface area contributed by atoms with Crippen LogP contribution < -0.4 is 5.73 Å². The van der Waals surface area contributed by atoms with Crippen molar-refractivity contribution in [3.8, 4) is 0 Å². The highest BCUT2D eigenvalue weighted by molar-refractivity contribution is 6.30. The van der Waals surface area contributed by atoms with Gasteiger partial charge in [-0.1, -0.05) is 23.7 Å². The number of aryl methyl sites for hydroxylation is 2. The summed E-state index contributed by atoms with van der Waals surface area (Å²) in [7, 11) is 0. The number of nitrogen functional groups attached to an aromatic ring is 1. The van der Waals surface area contributed by atoms with Gasteiger partial charge < -0.3 is 10.3 Å². The van der Waals surface area contributed by atoms with Crippen molar-refractivity contribution in [1.82, 2.24) is 9.55 Å². The van der Waals surface area contributed by atoms with E-state index >= 15 is 0 Å². The van der Waals surface area contributed by atoms with E-state index in [-0.39, 0.29) is 0 Å². The molecule has 2 N–H and O–H groups in total. The minimum Gasteiger partial charge on any atom is -0.384 e. The third-order valence-electron chi connectivity index (χ3n) is 2.52. The molecule has 0 bridgehead atoms. The molecule has 1 heterocycles. The first kappa shape index (κ1) is 11.0. The van der Waals surface area contributed by atoms with Gasteiger partial charge in [0.2, 0.25) is 0 Å². The van der Waals surface area contributed by atoms with Crippen LogP contribution in [0, 0.1) is 0 Å². The van der Waals surface area contributed by atoms with Gasteiger partial charge in [-0.3, -0.25) is 0 Å². The second-order valence-corrected chi connectivity index (χ2v) is 4.18. The number of hydrogen-bond donors (Lipinski definition) is 1. The van der Waals surface area contributed by atoms with Crippen LogP contribution in [-0.4, -0.2) is 9.55 Å². The van der Waals surface area contributed by atoms with Gasteiger partial charge in [0.05, 0.1) is 12.5 Å². The monoisotopic (exact) mass is 235 g/mol. The van der Waals surface area contributed by atoms with E-state index in [9.17, 15) is 0 Å². The molecule has 3 nitrogen and oxygen atoms in total. The van der Waals surface area contributed by atoms with Gasteiger partial charge in [-0.2, -0.15) is 0 Å². The first-order chi connectivity index (χ1) is 7.75. The molecular formula is C12H14ClN3. The maximum absolute atomic E-state index is 5.82. The van der Waals surface area contributed by atoms with Crippen molar-refractivity contribution in [2.24, 2.45) is 0 Å². The van der Waals surface area contributed by atoms with Gasteiger partial charge in [0.25, 0.3) is 0 Å². The minimum atomic E-state index is 0.719. The topological polar surface area (TPSA) is 43.8 Å². The van der Waals surface area contributed by atoms with Crippen LogP contribution in [0.4, 0.5) is 5.82 Å². The molecule has 0 spiro atoms. The smallest absolute Gasteiger partial charge is 0.123 e. The molecule has 0 fully saturated rings. The zero-order valence-corrected chi connectivity index (χ0v) is 9.69. The summed E-state index contributed by atoms with van der Waals surface area (Å²) in [5, 5.41) is 0.780. The van der Waals surface area contributed by atoms with Crippen molar-refractivity contribution in [3.05, 3.63) is 47.4 Å². The third-order valence-corrected chi connectivity index (χ3v) is 2.77. The Morgan fingerprint density at radius 1 is 1.25 bits per heavy atom. The lowest BCUT2D eigenvalue weighted by molar-refractivity contribution is 0.648. The Morgan fingerprint density at radius 3 is 2.62 bits per heavy atom. The Hall–Kier alpha value is -1.48. The maximum Gasteiger partial charge on any atom is 0.123 e. The summed E-state index contributed by atoms with van der Waals surface area (Å²) in [6.07, 6.45) is 5.50. The van der Waals surface area contributed by atoms with Gasteiger partial charge in [-0.05, 0) is 30.5 Å². The summed E-state index contributed by atoms with van der Waals surface area (Å²) >= 11 is 5.82. The Bertz CT molecular complexity index is 448. The van der Waals surface area contributed by atoms with Gasteiger partial charge in [-0.15, -0.1) is 0 Å². The number of anilines is 1. The number of hydrogen-bond acceptors (Lipinski definition) is 2. The summed E-state index contributed by atoms with van der Waals surface area (Å²) in [5.74, 6) is 0.719. The number of imidazole rings is 1. The van der Waals surface area contributed by atoms with Crippen LogP contribution in [0.1, 0.15) is 12.0 Å². The van der Waals surface area contributed by atoms with Crippen LogP contribution in [0.25, 0.3) is 0 Å². The summed E-state index contributed by atoms with van der Waals surface area (Å²) in [6.45, 7) is 0.897. The molecule has 2 aromatic rings. The second-order valence-electron chi connectivity index (χ2n) is 3.74. The van der Waals surface area contributed by atoms with Crippen molar-refractivity contribution in [3.63, 3.8) is 0 Å². The van der Waals surface area contributed by atoms with Crippen LogP contribution in [0.3, 0.4) is 0 Å². The van der Waals surface area contributed by atoms with Crippen LogP contribution in [0.15, 0.2) is 36.8 Å². The fourth-order valence-electron chi connectivity index (χ4n) is 1.62. The molecule has 0 aliphatic carbocycles. The predicted molar refractivity (Wildman–Crippen MR) is 66.4 cm³/mol. The first-order valence-corrected chi connectivity index (χ1v) is 5.63. The van der Waals surface area contributed by atoms with E-state index in [2.05, 4.69) is 17.1 Å². The van der Waals surface area contributed by atoms with E-state index < -0.39 is 0 Å². The molecular weight excluding hydrogens is 222 g/mol. The highest BCUT2D eigenvalue weighted by atomic mass is 35.5. The molecule has 2 rings (SSSR count). The number of nitrogens with two attached hydrogens (primary N) is 1. The van der Waals surface area contributed by atoms with E-state index in [0.717, 1.165) is 30.2 Å². The van der Waals surface area contributed by atoms with Gasteiger partial charge in [0.15, 0.2) is 0 Å². The summed E-state index contributed by atoms with van der Waals surface area (Å²) in [6, 6.07) is 7.95. The number of aromatic nitrogens is 2. The highest BCUT2D eigenvalue weighted by Gasteiger charge is 1.98. The van der Waals surface area contributed by atoms with E-state index in [1.54, 1.807) is 12.5 Å². The molecule has 0 amide bonds. The molecule has 0 aliphatic heterocycles. The van der Waals surface area contributed by atoms with E-state index in [1.165, 1.54) is 5.56 Å². The first-order valence-electron chi connectivity index (χ1n) is 5.26. The molecule has 0 aliphatic rings. The molecule has 0 radical (unpaired) electrons. The fraction of sp³-hybridized carbons (Fsp3) is 0.250. The molecule has 4 heteroatoms. The Morgan fingerprint density at radius 2 is 2.00 bits per heavy atom. The standard InChI is InChI=1S/C12H14ClN3/c13-11-5-3-10(4-6-11)2-1-7-16-9-15-8-12(16)14/h3-6,8-9H,1-2,7,14H2. The van der Waals surface area contributed by atoms with Crippen molar-refractivity contribution in [2.75, 3.05) is 5.73 Å². The predicted octanol–water partition coefficient (Wildman–Crippen LogP) is 2.75. The summed E-state index contributed by atoms with van der Waals surface area (Å²) in [4.78, 5) is 3.98. The Labute approximate surface area is 99.9 Å². The molecule has 0 saturated carbocycles. The highest BCUT2D eigenvalue weighted by Crippen LogP contribution is 2.11. The van der Waals surface area contributed by atoms with Crippen molar-refractivity contribution < 1.29 is 0 Å². The van der Waals surface area contributed by atoms with Crippen LogP contribution in [0.5, 0.6) is 0 Å². The lowest BCUT2D eigenvalue weighted by atomic mass is 10.1. The molecule has 1 aromatic carbocycles. The number of benzene rings is 1. The van der Waals surface area contributed by atoms with Crippen molar-refractivity contribution >= 4 is 17.4 Å². The SMILES string of the molecule is Nc1cncn1CCCc1ccc(Cl)cc1. The Balaban J connectivity index is 1.84. The summed E-state index contributed by atoms with van der Waals surface area (Å²) in [5.41, 5.74) is 7.02. The molecule has 1 aromatic heterocycles. The average molecular weight is 236 g/mol. The van der Waals surface area contributed by atoms with E-state index in [1.807, 2.05) is 16.7 Å². The lowest BCUT2D eigenvalue weighted by Gasteiger charge is -2.04. The van der Waals surface area contributed by atoms with Crippen LogP contribution >= 0.6 is 11.6 Å².